The zero-order chi connectivity index (χ0) is 25.9. The Kier molecular flexibility index (Phi) is 7.84. The molecule has 3 aromatic rings. The normalized spacial score (nSPS) is 13.5. The molecule has 3 aromatic carbocycles. The van der Waals surface area contributed by atoms with Gasteiger partial charge in [-0.3, -0.25) is 4.99 Å². The second-order valence-electron chi connectivity index (χ2n) is 12.5. The summed E-state index contributed by atoms with van der Waals surface area (Å²) in [4.78, 5) is 9.78. The van der Waals surface area contributed by atoms with Crippen molar-refractivity contribution in [2.75, 3.05) is 0 Å². The third kappa shape index (κ3) is 7.49. The number of rotatable bonds is 4. The van der Waals surface area contributed by atoms with Gasteiger partial charge in [0.1, 0.15) is 0 Å². The summed E-state index contributed by atoms with van der Waals surface area (Å²) < 4.78 is 0. The third-order valence-corrected chi connectivity index (χ3v) is 6.35. The van der Waals surface area contributed by atoms with E-state index in [-0.39, 0.29) is 16.2 Å². The predicted molar refractivity (Wildman–Crippen MR) is 153 cm³/mol. The SMILES string of the molecule is CC(C)(C)c1ccc(/C=N/C(=N\Cc2ccc(C(C)(C)C)cc2)c2ccc(C(C)(C)C)cc2)cc1. The van der Waals surface area contributed by atoms with E-state index in [4.69, 9.17) is 9.98 Å². The lowest BCUT2D eigenvalue weighted by atomic mass is 9.86. The van der Waals surface area contributed by atoms with Crippen molar-refractivity contribution in [1.29, 1.82) is 0 Å². The van der Waals surface area contributed by atoms with Gasteiger partial charge in [-0.1, -0.05) is 135 Å². The molecular formula is C33H42N2. The van der Waals surface area contributed by atoms with Gasteiger partial charge in [0.2, 0.25) is 0 Å². The lowest BCUT2D eigenvalue weighted by Crippen LogP contribution is -2.11. The molecule has 2 heteroatoms. The van der Waals surface area contributed by atoms with Crippen molar-refractivity contribution in [3.05, 3.63) is 106 Å². The highest BCUT2D eigenvalue weighted by Crippen LogP contribution is 2.24. The van der Waals surface area contributed by atoms with Crippen LogP contribution in [0.1, 0.15) is 95.7 Å². The number of hydrogen-bond donors (Lipinski definition) is 0. The molecule has 0 heterocycles. The van der Waals surface area contributed by atoms with Gasteiger partial charge in [0, 0.05) is 11.8 Å². The van der Waals surface area contributed by atoms with E-state index in [1.54, 1.807) is 0 Å². The predicted octanol–water partition coefficient (Wildman–Crippen LogP) is 8.65. The van der Waals surface area contributed by atoms with Crippen molar-refractivity contribution in [3.63, 3.8) is 0 Å². The molecule has 0 bridgehead atoms. The molecule has 0 unspecified atom stereocenters. The Morgan fingerprint density at radius 3 is 1.40 bits per heavy atom. The van der Waals surface area contributed by atoms with Crippen LogP contribution in [0.4, 0.5) is 0 Å². The highest BCUT2D eigenvalue weighted by molar-refractivity contribution is 6.05. The summed E-state index contributed by atoms with van der Waals surface area (Å²) in [7, 11) is 0. The molecule has 0 amide bonds. The zero-order valence-corrected chi connectivity index (χ0v) is 23.1. The topological polar surface area (TPSA) is 24.7 Å². The molecule has 184 valence electrons. The molecule has 0 saturated carbocycles. The number of aliphatic imine (C=N–C) groups is 2. The Labute approximate surface area is 213 Å². The van der Waals surface area contributed by atoms with Gasteiger partial charge >= 0.3 is 0 Å². The van der Waals surface area contributed by atoms with E-state index in [2.05, 4.69) is 135 Å². The fourth-order valence-electron chi connectivity index (χ4n) is 3.81. The molecular weight excluding hydrogens is 424 g/mol. The van der Waals surface area contributed by atoms with Crippen LogP contribution in [0, 0.1) is 0 Å². The Morgan fingerprint density at radius 2 is 0.971 bits per heavy atom. The Bertz CT molecular complexity index is 1160. The van der Waals surface area contributed by atoms with Gasteiger partial charge < -0.3 is 0 Å². The van der Waals surface area contributed by atoms with Crippen molar-refractivity contribution in [3.8, 4) is 0 Å². The largest absolute Gasteiger partial charge is 0.261 e. The molecule has 2 nitrogen and oxygen atoms in total. The van der Waals surface area contributed by atoms with Gasteiger partial charge in [0.25, 0.3) is 0 Å². The summed E-state index contributed by atoms with van der Waals surface area (Å²) in [5, 5.41) is 0. The van der Waals surface area contributed by atoms with Gasteiger partial charge in [0.15, 0.2) is 5.84 Å². The minimum absolute atomic E-state index is 0.114. The van der Waals surface area contributed by atoms with Crippen molar-refractivity contribution in [2.45, 2.75) is 85.1 Å². The summed E-state index contributed by atoms with van der Waals surface area (Å²) in [6, 6.07) is 26.1. The van der Waals surface area contributed by atoms with Gasteiger partial charge in [-0.15, -0.1) is 0 Å². The molecule has 0 aromatic heterocycles. The monoisotopic (exact) mass is 466 g/mol. The van der Waals surface area contributed by atoms with E-state index in [1.165, 1.54) is 22.3 Å². The van der Waals surface area contributed by atoms with Crippen LogP contribution in [0.3, 0.4) is 0 Å². The molecule has 0 aliphatic carbocycles. The fourth-order valence-corrected chi connectivity index (χ4v) is 3.81. The smallest absolute Gasteiger partial charge is 0.154 e. The molecule has 0 radical (unpaired) electrons. The van der Waals surface area contributed by atoms with Crippen LogP contribution in [0.5, 0.6) is 0 Å². The lowest BCUT2D eigenvalue weighted by Gasteiger charge is -2.19. The van der Waals surface area contributed by atoms with Crippen LogP contribution in [0.25, 0.3) is 0 Å². The van der Waals surface area contributed by atoms with Crippen molar-refractivity contribution in [2.24, 2.45) is 9.98 Å². The van der Waals surface area contributed by atoms with Crippen LogP contribution >= 0.6 is 0 Å². The zero-order valence-electron chi connectivity index (χ0n) is 23.1. The minimum Gasteiger partial charge on any atom is -0.261 e. The van der Waals surface area contributed by atoms with E-state index < -0.39 is 0 Å². The molecule has 0 aliphatic heterocycles. The van der Waals surface area contributed by atoms with E-state index in [0.29, 0.717) is 6.54 Å². The number of benzene rings is 3. The second kappa shape index (κ2) is 10.3. The quantitative estimate of drug-likeness (QED) is 0.271. The Hall–Kier alpha value is -3.00. The average molecular weight is 467 g/mol. The van der Waals surface area contributed by atoms with Crippen LogP contribution in [0.15, 0.2) is 82.8 Å². The molecule has 0 fully saturated rings. The maximum absolute atomic E-state index is 4.94. The number of nitrogens with zero attached hydrogens (tertiary/aromatic N) is 2. The number of amidine groups is 1. The molecule has 0 spiro atoms. The molecule has 0 atom stereocenters. The summed E-state index contributed by atoms with van der Waals surface area (Å²) in [5.41, 5.74) is 7.65. The average Bonchev–Trinajstić information content (AvgIpc) is 2.78. The van der Waals surface area contributed by atoms with E-state index in [9.17, 15) is 0 Å². The minimum atomic E-state index is 0.114. The van der Waals surface area contributed by atoms with Crippen molar-refractivity contribution < 1.29 is 0 Å². The summed E-state index contributed by atoms with van der Waals surface area (Å²) in [6.07, 6.45) is 1.92. The van der Waals surface area contributed by atoms with Crippen LogP contribution in [0.2, 0.25) is 0 Å². The standard InChI is InChI=1S/C33H42N2/c1-31(2,3)27-16-10-24(11-17-27)22-34-30(26-14-20-29(21-15-26)33(7,8)9)35-23-25-12-18-28(19-13-25)32(4,5)6/h10-22H,23H2,1-9H3/b34-22+,35-30-. The van der Waals surface area contributed by atoms with Gasteiger partial charge in [-0.05, 0) is 44.1 Å². The Morgan fingerprint density at radius 1 is 0.571 bits per heavy atom. The molecule has 0 N–H and O–H groups in total. The fraction of sp³-hybridized carbons (Fsp3) is 0.394. The van der Waals surface area contributed by atoms with E-state index in [1.807, 2.05) is 6.21 Å². The third-order valence-electron chi connectivity index (χ3n) is 6.35. The maximum atomic E-state index is 4.94. The highest BCUT2D eigenvalue weighted by atomic mass is 14.9. The first-order chi connectivity index (χ1) is 16.2. The maximum Gasteiger partial charge on any atom is 0.154 e. The second-order valence-corrected chi connectivity index (χ2v) is 12.5. The van der Waals surface area contributed by atoms with Crippen molar-refractivity contribution >= 4 is 12.1 Å². The molecule has 0 aliphatic rings. The van der Waals surface area contributed by atoms with E-state index >= 15 is 0 Å². The molecule has 35 heavy (non-hydrogen) atoms. The molecule has 0 saturated heterocycles. The first-order valence-corrected chi connectivity index (χ1v) is 12.6. The van der Waals surface area contributed by atoms with Crippen molar-refractivity contribution in [1.82, 2.24) is 0 Å². The summed E-state index contributed by atoms with van der Waals surface area (Å²) >= 11 is 0. The van der Waals surface area contributed by atoms with Crippen LogP contribution < -0.4 is 0 Å². The molecule has 3 rings (SSSR count). The first-order valence-electron chi connectivity index (χ1n) is 12.6. The van der Waals surface area contributed by atoms with Crippen LogP contribution in [-0.4, -0.2) is 12.1 Å². The highest BCUT2D eigenvalue weighted by Gasteiger charge is 2.15. The number of hydrogen-bond acceptors (Lipinski definition) is 1. The lowest BCUT2D eigenvalue weighted by molar-refractivity contribution is 0.590. The van der Waals surface area contributed by atoms with Gasteiger partial charge in [-0.2, -0.15) is 0 Å². The van der Waals surface area contributed by atoms with Gasteiger partial charge in [0.05, 0.1) is 6.54 Å². The van der Waals surface area contributed by atoms with E-state index in [0.717, 1.165) is 17.0 Å². The van der Waals surface area contributed by atoms with Gasteiger partial charge in [-0.25, -0.2) is 4.99 Å². The van der Waals surface area contributed by atoms with Crippen LogP contribution in [-0.2, 0) is 22.8 Å². The summed E-state index contributed by atoms with van der Waals surface area (Å²) in [6.45, 7) is 20.7. The summed E-state index contributed by atoms with van der Waals surface area (Å²) in [5.74, 6) is 0.755. The Balaban J connectivity index is 1.90. The first kappa shape index (κ1) is 26.6.